The molecule has 0 saturated heterocycles. The highest BCUT2D eigenvalue weighted by Crippen LogP contribution is 2.18. The van der Waals surface area contributed by atoms with Crippen LogP contribution in [0.1, 0.15) is 16.1 Å². The van der Waals surface area contributed by atoms with Crippen molar-refractivity contribution in [1.82, 2.24) is 9.97 Å². The van der Waals surface area contributed by atoms with Crippen LogP contribution in [0.2, 0.25) is 0 Å². The lowest BCUT2D eigenvalue weighted by molar-refractivity contribution is 0.0594. The summed E-state index contributed by atoms with van der Waals surface area (Å²) in [7, 11) is 1.33. The molecule has 1 aromatic heterocycles. The van der Waals surface area contributed by atoms with Crippen LogP contribution in [0.15, 0.2) is 36.7 Å². The number of methoxy groups -OCH3 is 1. The maximum atomic E-state index is 11.4. The summed E-state index contributed by atoms with van der Waals surface area (Å²) < 4.78 is 4.62. The van der Waals surface area contributed by atoms with Crippen LogP contribution in [-0.4, -0.2) is 23.0 Å². The van der Waals surface area contributed by atoms with Crippen molar-refractivity contribution in [1.29, 1.82) is 0 Å². The van der Waals surface area contributed by atoms with Gasteiger partial charge in [0.05, 0.1) is 12.8 Å². The molecule has 1 heterocycles. The first-order valence-corrected chi connectivity index (χ1v) is 5.18. The second-order valence-corrected chi connectivity index (χ2v) is 3.65. The van der Waals surface area contributed by atoms with E-state index in [1.165, 1.54) is 13.4 Å². The lowest BCUT2D eigenvalue weighted by Gasteiger charge is -2.03. The zero-order valence-electron chi connectivity index (χ0n) is 9.68. The van der Waals surface area contributed by atoms with Gasteiger partial charge in [0.2, 0.25) is 0 Å². The summed E-state index contributed by atoms with van der Waals surface area (Å²) in [4.78, 5) is 19.4. The van der Waals surface area contributed by atoms with Crippen molar-refractivity contribution in [3.05, 3.63) is 47.9 Å². The van der Waals surface area contributed by atoms with Crippen LogP contribution in [0.3, 0.4) is 0 Å². The predicted molar refractivity (Wildman–Crippen MR) is 63.5 cm³/mol. The van der Waals surface area contributed by atoms with Crippen molar-refractivity contribution < 1.29 is 9.53 Å². The van der Waals surface area contributed by atoms with Gasteiger partial charge >= 0.3 is 5.97 Å². The monoisotopic (exact) mass is 228 g/mol. The van der Waals surface area contributed by atoms with Crippen LogP contribution >= 0.6 is 0 Å². The van der Waals surface area contributed by atoms with E-state index in [1.807, 2.05) is 31.2 Å². The van der Waals surface area contributed by atoms with Gasteiger partial charge in [0, 0.05) is 5.56 Å². The smallest absolute Gasteiger partial charge is 0.356 e. The van der Waals surface area contributed by atoms with Crippen LogP contribution in [0.5, 0.6) is 0 Å². The Kier molecular flexibility index (Phi) is 3.14. The molecule has 0 saturated carbocycles. The number of carbonyl (C=O) groups is 1. The molecular weight excluding hydrogens is 216 g/mol. The number of hydrogen-bond donors (Lipinski definition) is 0. The molecule has 0 unspecified atom stereocenters. The standard InChI is InChI=1S/C13H12N2O2/c1-9-4-3-5-10(6-9)11-7-12(13(16)17-2)15-8-14-11/h3-8H,1-2H3. The van der Waals surface area contributed by atoms with E-state index in [9.17, 15) is 4.79 Å². The second kappa shape index (κ2) is 4.74. The Bertz CT molecular complexity index is 553. The van der Waals surface area contributed by atoms with E-state index in [-0.39, 0.29) is 5.69 Å². The molecule has 0 aliphatic heterocycles. The fourth-order valence-electron chi connectivity index (χ4n) is 1.54. The van der Waals surface area contributed by atoms with Crippen LogP contribution < -0.4 is 0 Å². The number of ether oxygens (including phenoxy) is 1. The minimum absolute atomic E-state index is 0.263. The minimum atomic E-state index is -0.457. The van der Waals surface area contributed by atoms with Gasteiger partial charge in [0.15, 0.2) is 5.69 Å². The Hall–Kier alpha value is -2.23. The summed E-state index contributed by atoms with van der Waals surface area (Å²) in [6.45, 7) is 2.01. The van der Waals surface area contributed by atoms with Crippen molar-refractivity contribution in [2.75, 3.05) is 7.11 Å². The quantitative estimate of drug-likeness (QED) is 0.740. The normalized spacial score (nSPS) is 10.0. The summed E-state index contributed by atoms with van der Waals surface area (Å²) >= 11 is 0. The molecule has 86 valence electrons. The van der Waals surface area contributed by atoms with Gasteiger partial charge in [-0.3, -0.25) is 0 Å². The summed E-state index contributed by atoms with van der Waals surface area (Å²) in [5, 5.41) is 0. The van der Waals surface area contributed by atoms with Crippen molar-refractivity contribution in [3.8, 4) is 11.3 Å². The third-order valence-electron chi connectivity index (χ3n) is 2.38. The van der Waals surface area contributed by atoms with E-state index in [4.69, 9.17) is 0 Å². The molecule has 0 atom stereocenters. The number of nitrogens with zero attached hydrogens (tertiary/aromatic N) is 2. The Morgan fingerprint density at radius 2 is 2.06 bits per heavy atom. The molecule has 0 spiro atoms. The second-order valence-electron chi connectivity index (χ2n) is 3.65. The SMILES string of the molecule is COC(=O)c1cc(-c2cccc(C)c2)ncn1. The summed E-state index contributed by atoms with van der Waals surface area (Å²) in [6, 6.07) is 9.52. The first kappa shape index (κ1) is 11.3. The zero-order chi connectivity index (χ0) is 12.3. The Morgan fingerprint density at radius 3 is 2.76 bits per heavy atom. The lowest BCUT2D eigenvalue weighted by atomic mass is 10.1. The molecular formula is C13H12N2O2. The third-order valence-corrected chi connectivity index (χ3v) is 2.38. The van der Waals surface area contributed by atoms with E-state index in [2.05, 4.69) is 14.7 Å². The van der Waals surface area contributed by atoms with Crippen molar-refractivity contribution >= 4 is 5.97 Å². The van der Waals surface area contributed by atoms with Crippen LogP contribution in [-0.2, 0) is 4.74 Å². The van der Waals surface area contributed by atoms with Crippen LogP contribution in [0, 0.1) is 6.92 Å². The Morgan fingerprint density at radius 1 is 1.24 bits per heavy atom. The molecule has 0 amide bonds. The minimum Gasteiger partial charge on any atom is -0.464 e. The van der Waals surface area contributed by atoms with Crippen LogP contribution in [0.4, 0.5) is 0 Å². The molecule has 1 aromatic carbocycles. The Balaban J connectivity index is 2.43. The maximum absolute atomic E-state index is 11.4. The van der Waals surface area contributed by atoms with Crippen molar-refractivity contribution in [2.45, 2.75) is 6.92 Å². The number of benzene rings is 1. The van der Waals surface area contributed by atoms with Gasteiger partial charge < -0.3 is 4.74 Å². The molecule has 2 aromatic rings. The fourth-order valence-corrected chi connectivity index (χ4v) is 1.54. The van der Waals surface area contributed by atoms with E-state index in [0.29, 0.717) is 5.69 Å². The fraction of sp³-hybridized carbons (Fsp3) is 0.154. The largest absolute Gasteiger partial charge is 0.464 e. The number of aryl methyl sites for hydroxylation is 1. The van der Waals surface area contributed by atoms with Crippen LogP contribution in [0.25, 0.3) is 11.3 Å². The maximum Gasteiger partial charge on any atom is 0.356 e. The number of aromatic nitrogens is 2. The number of esters is 1. The highest BCUT2D eigenvalue weighted by atomic mass is 16.5. The summed E-state index contributed by atoms with van der Waals surface area (Å²) in [5.41, 5.74) is 3.07. The molecule has 2 rings (SSSR count). The topological polar surface area (TPSA) is 52.1 Å². The van der Waals surface area contributed by atoms with Gasteiger partial charge in [-0.2, -0.15) is 0 Å². The molecule has 4 heteroatoms. The summed E-state index contributed by atoms with van der Waals surface area (Å²) in [6.07, 6.45) is 1.36. The molecule has 4 nitrogen and oxygen atoms in total. The first-order valence-electron chi connectivity index (χ1n) is 5.18. The number of rotatable bonds is 2. The van der Waals surface area contributed by atoms with Gasteiger partial charge in [0.25, 0.3) is 0 Å². The van der Waals surface area contributed by atoms with Gasteiger partial charge in [-0.15, -0.1) is 0 Å². The highest BCUT2D eigenvalue weighted by molar-refractivity contribution is 5.88. The number of hydrogen-bond acceptors (Lipinski definition) is 4. The molecule has 0 fully saturated rings. The van der Waals surface area contributed by atoms with E-state index < -0.39 is 5.97 Å². The average molecular weight is 228 g/mol. The zero-order valence-corrected chi connectivity index (χ0v) is 9.68. The van der Waals surface area contributed by atoms with E-state index in [1.54, 1.807) is 6.07 Å². The average Bonchev–Trinajstić information content (AvgIpc) is 2.38. The third kappa shape index (κ3) is 2.47. The number of carbonyl (C=O) groups excluding carboxylic acids is 1. The first-order chi connectivity index (χ1) is 8.20. The lowest BCUT2D eigenvalue weighted by Crippen LogP contribution is -2.04. The summed E-state index contributed by atoms with van der Waals surface area (Å²) in [5.74, 6) is -0.457. The van der Waals surface area contributed by atoms with Gasteiger partial charge in [-0.05, 0) is 19.1 Å². The molecule has 0 aliphatic carbocycles. The van der Waals surface area contributed by atoms with Gasteiger partial charge in [0.1, 0.15) is 6.33 Å². The van der Waals surface area contributed by atoms with E-state index >= 15 is 0 Å². The molecule has 0 radical (unpaired) electrons. The van der Waals surface area contributed by atoms with Gasteiger partial charge in [-0.1, -0.05) is 23.8 Å². The Labute approximate surface area is 99.3 Å². The predicted octanol–water partition coefficient (Wildman–Crippen LogP) is 2.24. The molecule has 0 aliphatic rings. The molecule has 17 heavy (non-hydrogen) atoms. The molecule has 0 bridgehead atoms. The highest BCUT2D eigenvalue weighted by Gasteiger charge is 2.09. The molecule has 0 N–H and O–H groups in total. The van der Waals surface area contributed by atoms with Gasteiger partial charge in [-0.25, -0.2) is 14.8 Å². The van der Waals surface area contributed by atoms with Crippen molar-refractivity contribution in [3.63, 3.8) is 0 Å². The van der Waals surface area contributed by atoms with E-state index in [0.717, 1.165) is 11.1 Å². The van der Waals surface area contributed by atoms with Crippen molar-refractivity contribution in [2.24, 2.45) is 0 Å².